The van der Waals surface area contributed by atoms with Crippen LogP contribution >= 0.6 is 23.1 Å². The third-order valence-electron chi connectivity index (χ3n) is 4.33. The van der Waals surface area contributed by atoms with Crippen LogP contribution in [0.25, 0.3) is 0 Å². The Labute approximate surface area is 131 Å². The van der Waals surface area contributed by atoms with Crippen LogP contribution in [0.1, 0.15) is 53.2 Å². The minimum absolute atomic E-state index is 0.0857. The van der Waals surface area contributed by atoms with Gasteiger partial charge in [0.25, 0.3) is 5.91 Å². The molecule has 4 rings (SSSR count). The van der Waals surface area contributed by atoms with Gasteiger partial charge in [-0.2, -0.15) is 5.10 Å². The topological polar surface area (TPSA) is 57.8 Å². The zero-order valence-electron chi connectivity index (χ0n) is 11.6. The molecule has 1 amide bonds. The highest BCUT2D eigenvalue weighted by Gasteiger charge is 2.32. The van der Waals surface area contributed by atoms with E-state index in [0.717, 1.165) is 16.8 Å². The lowest BCUT2D eigenvalue weighted by atomic mass is 9.91. The fraction of sp³-hybridized carbons (Fsp3) is 0.467. The SMILES string of the molecule is O=C1NCC(c2ccn[nH]2)c2csc(SC3CCCC3)c21. The number of H-pyrrole nitrogens is 1. The number of thiophene rings is 1. The van der Waals surface area contributed by atoms with Gasteiger partial charge < -0.3 is 5.32 Å². The smallest absolute Gasteiger partial charge is 0.253 e. The number of hydrogen-bond donors (Lipinski definition) is 2. The number of thioether (sulfide) groups is 1. The number of nitrogens with zero attached hydrogens (tertiary/aromatic N) is 1. The summed E-state index contributed by atoms with van der Waals surface area (Å²) in [6, 6.07) is 1.99. The number of fused-ring (bicyclic) bond motifs is 1. The number of aromatic amines is 1. The molecule has 2 aromatic rings. The van der Waals surface area contributed by atoms with Gasteiger partial charge in [-0.05, 0) is 29.9 Å². The van der Waals surface area contributed by atoms with E-state index in [2.05, 4.69) is 20.9 Å². The van der Waals surface area contributed by atoms with E-state index in [4.69, 9.17) is 0 Å². The molecule has 2 aliphatic rings. The molecule has 0 saturated heterocycles. The van der Waals surface area contributed by atoms with Crippen molar-refractivity contribution in [1.29, 1.82) is 0 Å². The molecule has 1 unspecified atom stereocenters. The van der Waals surface area contributed by atoms with Crippen LogP contribution in [0.15, 0.2) is 21.9 Å². The quantitative estimate of drug-likeness (QED) is 0.912. The third kappa shape index (κ3) is 2.40. The van der Waals surface area contributed by atoms with Crippen molar-refractivity contribution in [2.45, 2.75) is 41.1 Å². The van der Waals surface area contributed by atoms with Crippen LogP contribution in [0, 0.1) is 0 Å². The Morgan fingerprint density at radius 1 is 1.33 bits per heavy atom. The van der Waals surface area contributed by atoms with E-state index >= 15 is 0 Å². The second-order valence-electron chi connectivity index (χ2n) is 5.65. The molecule has 1 atom stereocenters. The van der Waals surface area contributed by atoms with Crippen LogP contribution in [0.2, 0.25) is 0 Å². The maximum Gasteiger partial charge on any atom is 0.253 e. The van der Waals surface area contributed by atoms with Crippen molar-refractivity contribution in [3.05, 3.63) is 34.5 Å². The van der Waals surface area contributed by atoms with E-state index in [-0.39, 0.29) is 11.8 Å². The number of rotatable bonds is 3. The average Bonchev–Trinajstić information content (AvgIpc) is 3.21. The van der Waals surface area contributed by atoms with E-state index in [1.807, 2.05) is 17.8 Å². The number of amides is 1. The first kappa shape index (κ1) is 13.4. The molecule has 2 N–H and O–H groups in total. The minimum atomic E-state index is 0.0857. The minimum Gasteiger partial charge on any atom is -0.351 e. The van der Waals surface area contributed by atoms with E-state index in [0.29, 0.717) is 11.8 Å². The van der Waals surface area contributed by atoms with Gasteiger partial charge in [-0.3, -0.25) is 9.89 Å². The molecule has 1 fully saturated rings. The lowest BCUT2D eigenvalue weighted by Crippen LogP contribution is -2.35. The number of nitrogens with one attached hydrogen (secondary N) is 2. The predicted octanol–water partition coefficient (Wildman–Crippen LogP) is 3.38. The van der Waals surface area contributed by atoms with Gasteiger partial charge in [-0.1, -0.05) is 12.8 Å². The summed E-state index contributed by atoms with van der Waals surface area (Å²) in [5.41, 5.74) is 3.14. The van der Waals surface area contributed by atoms with E-state index in [1.165, 1.54) is 29.9 Å². The van der Waals surface area contributed by atoms with Gasteiger partial charge in [-0.25, -0.2) is 0 Å². The zero-order valence-corrected chi connectivity index (χ0v) is 13.2. The van der Waals surface area contributed by atoms with E-state index in [1.54, 1.807) is 17.5 Å². The van der Waals surface area contributed by atoms with Crippen LogP contribution in [0.5, 0.6) is 0 Å². The Morgan fingerprint density at radius 2 is 2.19 bits per heavy atom. The van der Waals surface area contributed by atoms with Gasteiger partial charge in [0, 0.05) is 29.6 Å². The summed E-state index contributed by atoms with van der Waals surface area (Å²) in [7, 11) is 0. The lowest BCUT2D eigenvalue weighted by molar-refractivity contribution is 0.0940. The first-order valence-electron chi connectivity index (χ1n) is 7.38. The fourth-order valence-electron chi connectivity index (χ4n) is 3.21. The molecule has 0 bridgehead atoms. The Kier molecular flexibility index (Phi) is 3.51. The van der Waals surface area contributed by atoms with Crippen LogP contribution < -0.4 is 5.32 Å². The summed E-state index contributed by atoms with van der Waals surface area (Å²) in [6.45, 7) is 0.651. The first-order chi connectivity index (χ1) is 10.3. The molecule has 2 aromatic heterocycles. The molecule has 4 nitrogen and oxygen atoms in total. The molecule has 1 aliphatic heterocycles. The molecule has 0 spiro atoms. The molecule has 3 heterocycles. The highest BCUT2D eigenvalue weighted by Crippen LogP contribution is 2.43. The molecular formula is C15H17N3OS2. The summed E-state index contributed by atoms with van der Waals surface area (Å²) < 4.78 is 1.19. The van der Waals surface area contributed by atoms with Crippen molar-refractivity contribution >= 4 is 29.0 Å². The van der Waals surface area contributed by atoms with E-state index < -0.39 is 0 Å². The summed E-state index contributed by atoms with van der Waals surface area (Å²) in [6.07, 6.45) is 6.99. The third-order valence-corrected chi connectivity index (χ3v) is 6.92. The molecule has 1 saturated carbocycles. The summed E-state index contributed by atoms with van der Waals surface area (Å²) in [5.74, 6) is 0.289. The van der Waals surface area contributed by atoms with Crippen molar-refractivity contribution in [3.63, 3.8) is 0 Å². The molecule has 21 heavy (non-hydrogen) atoms. The van der Waals surface area contributed by atoms with Gasteiger partial charge in [0.15, 0.2) is 0 Å². The predicted molar refractivity (Wildman–Crippen MR) is 85.2 cm³/mol. The number of hydrogen-bond acceptors (Lipinski definition) is 4. The molecule has 110 valence electrons. The summed E-state index contributed by atoms with van der Waals surface area (Å²) in [4.78, 5) is 12.3. The van der Waals surface area contributed by atoms with Crippen molar-refractivity contribution in [1.82, 2.24) is 15.5 Å². The number of aromatic nitrogens is 2. The Balaban J connectivity index is 1.68. The van der Waals surface area contributed by atoms with Gasteiger partial charge in [0.05, 0.1) is 9.77 Å². The Bertz CT molecular complexity index is 644. The Morgan fingerprint density at radius 3 is 2.95 bits per heavy atom. The van der Waals surface area contributed by atoms with Gasteiger partial charge in [0.1, 0.15) is 0 Å². The number of carbonyl (C=O) groups excluding carboxylic acids is 1. The van der Waals surface area contributed by atoms with Crippen molar-refractivity contribution in [2.24, 2.45) is 0 Å². The van der Waals surface area contributed by atoms with Crippen LogP contribution in [0.4, 0.5) is 0 Å². The van der Waals surface area contributed by atoms with Crippen LogP contribution in [0.3, 0.4) is 0 Å². The van der Waals surface area contributed by atoms with Gasteiger partial charge >= 0.3 is 0 Å². The lowest BCUT2D eigenvalue weighted by Gasteiger charge is -2.23. The van der Waals surface area contributed by atoms with Gasteiger partial charge in [-0.15, -0.1) is 23.1 Å². The highest BCUT2D eigenvalue weighted by atomic mass is 32.2. The largest absolute Gasteiger partial charge is 0.351 e. The highest BCUT2D eigenvalue weighted by molar-refractivity contribution is 8.01. The fourth-order valence-corrected chi connectivity index (χ4v) is 6.03. The molecule has 0 radical (unpaired) electrons. The summed E-state index contributed by atoms with van der Waals surface area (Å²) >= 11 is 3.63. The first-order valence-corrected chi connectivity index (χ1v) is 9.14. The second kappa shape index (κ2) is 5.50. The average molecular weight is 319 g/mol. The van der Waals surface area contributed by atoms with E-state index in [9.17, 15) is 4.79 Å². The molecule has 6 heteroatoms. The van der Waals surface area contributed by atoms with Gasteiger partial charge in [0.2, 0.25) is 0 Å². The standard InChI is InChI=1S/C15H17N3OS2/c19-14-13-11(10(7-16-14)12-5-6-17-18-12)8-20-15(13)21-9-3-1-2-4-9/h5-6,8-10H,1-4,7H2,(H,16,19)(H,17,18). The molecule has 0 aromatic carbocycles. The van der Waals surface area contributed by atoms with Crippen LogP contribution in [-0.2, 0) is 0 Å². The maximum atomic E-state index is 12.3. The van der Waals surface area contributed by atoms with Crippen LogP contribution in [-0.4, -0.2) is 27.9 Å². The van der Waals surface area contributed by atoms with Crippen molar-refractivity contribution < 1.29 is 4.79 Å². The molecular weight excluding hydrogens is 302 g/mol. The normalized spacial score (nSPS) is 22.3. The van der Waals surface area contributed by atoms with Crippen molar-refractivity contribution in [2.75, 3.05) is 6.54 Å². The van der Waals surface area contributed by atoms with Crippen molar-refractivity contribution in [3.8, 4) is 0 Å². The summed E-state index contributed by atoms with van der Waals surface area (Å²) in [5, 5.41) is 13.0. The number of carbonyl (C=O) groups is 1. The second-order valence-corrected chi connectivity index (χ2v) is 8.10. The monoisotopic (exact) mass is 319 g/mol. The maximum absolute atomic E-state index is 12.3. The zero-order chi connectivity index (χ0) is 14.2. The molecule has 1 aliphatic carbocycles. The Hall–Kier alpha value is -1.27.